The Bertz CT molecular complexity index is 439. The number of aliphatic hydroxyl groups is 3. The molecule has 0 aliphatic carbocycles. The maximum Gasteiger partial charge on any atom is 0.305 e. The molecule has 3 N–H and O–H groups in total. The van der Waals surface area contributed by atoms with E-state index in [1.165, 1.54) is 57.8 Å². The fourth-order valence-electron chi connectivity index (χ4n) is 3.45. The van der Waals surface area contributed by atoms with Crippen molar-refractivity contribution in [2.75, 3.05) is 6.61 Å². The lowest BCUT2D eigenvalue weighted by molar-refractivity contribution is -0.157. The fraction of sp³-hybridized carbons (Fsp3) is 0.870. The molecule has 0 aromatic carbocycles. The van der Waals surface area contributed by atoms with Crippen molar-refractivity contribution in [2.45, 2.75) is 121 Å². The van der Waals surface area contributed by atoms with Gasteiger partial charge < -0.3 is 24.8 Å². The molecule has 1 saturated heterocycles. The van der Waals surface area contributed by atoms with E-state index < -0.39 is 24.6 Å². The maximum absolute atomic E-state index is 11.7. The van der Waals surface area contributed by atoms with Crippen LogP contribution in [-0.4, -0.2) is 52.5 Å². The Morgan fingerprint density at radius 3 is 1.93 bits per heavy atom. The second kappa shape index (κ2) is 16.8. The maximum atomic E-state index is 11.7. The molecule has 6 nitrogen and oxygen atoms in total. The Labute approximate surface area is 176 Å². The van der Waals surface area contributed by atoms with Gasteiger partial charge in [0, 0.05) is 6.42 Å². The Kier molecular flexibility index (Phi) is 15.1. The van der Waals surface area contributed by atoms with Crippen LogP contribution in [0, 0.1) is 0 Å². The number of carbonyl (C=O) groups excluding carboxylic acids is 1. The number of ether oxygens (including phenoxy) is 2. The highest BCUT2D eigenvalue weighted by atomic mass is 16.7. The lowest BCUT2D eigenvalue weighted by atomic mass is 10.1. The highest BCUT2D eigenvalue weighted by Gasteiger charge is 2.42. The first-order chi connectivity index (χ1) is 14.1. The van der Waals surface area contributed by atoms with Gasteiger partial charge in [-0.15, -0.1) is 0 Å². The molecule has 1 aliphatic heterocycles. The van der Waals surface area contributed by atoms with Crippen LogP contribution in [0.5, 0.6) is 0 Å². The predicted molar refractivity (Wildman–Crippen MR) is 113 cm³/mol. The van der Waals surface area contributed by atoms with Crippen molar-refractivity contribution in [2.24, 2.45) is 0 Å². The van der Waals surface area contributed by atoms with Gasteiger partial charge >= 0.3 is 5.97 Å². The van der Waals surface area contributed by atoms with Crippen molar-refractivity contribution in [3.05, 3.63) is 12.2 Å². The van der Waals surface area contributed by atoms with E-state index in [1.807, 2.05) is 0 Å². The van der Waals surface area contributed by atoms with Gasteiger partial charge in [-0.25, -0.2) is 0 Å². The highest BCUT2D eigenvalue weighted by Crippen LogP contribution is 2.20. The zero-order valence-corrected chi connectivity index (χ0v) is 18.1. The molecule has 6 heteroatoms. The number of rotatable bonds is 17. The standard InChI is InChI=1S/C23H42O6/c1-2-3-4-5-6-7-8-9-10-11-12-13-14-15-16-17-20(24)28-18-19-21(25)22(26)23(27)29-19/h9-10,19,21-23,25-27H,2-8,11-18H2,1H3/b10-9-/t19-,21-,22-,23?/m1/s1. The third-order valence-corrected chi connectivity index (χ3v) is 5.39. The van der Waals surface area contributed by atoms with E-state index in [9.17, 15) is 20.1 Å². The third kappa shape index (κ3) is 12.4. The number of allylic oxidation sites excluding steroid dienone is 2. The SMILES string of the molecule is CCCCCCCC/C=C\CCCCCCCC(=O)OC[C@H]1OC(O)[C@H](O)[C@@H]1O. The number of esters is 1. The van der Waals surface area contributed by atoms with E-state index in [1.54, 1.807) is 0 Å². The zero-order valence-electron chi connectivity index (χ0n) is 18.1. The third-order valence-electron chi connectivity index (χ3n) is 5.39. The molecule has 0 amide bonds. The van der Waals surface area contributed by atoms with E-state index in [0.29, 0.717) is 6.42 Å². The van der Waals surface area contributed by atoms with Crippen LogP contribution in [0.15, 0.2) is 12.2 Å². The van der Waals surface area contributed by atoms with Crippen molar-refractivity contribution < 1.29 is 29.6 Å². The van der Waals surface area contributed by atoms with Crippen LogP contribution < -0.4 is 0 Å². The molecular formula is C23H42O6. The molecule has 1 rings (SSSR count). The minimum Gasteiger partial charge on any atom is -0.463 e. The summed E-state index contributed by atoms with van der Waals surface area (Å²) in [5.74, 6) is -0.339. The van der Waals surface area contributed by atoms with Crippen LogP contribution in [0.3, 0.4) is 0 Å². The average molecular weight is 415 g/mol. The van der Waals surface area contributed by atoms with Gasteiger partial charge in [-0.3, -0.25) is 4.79 Å². The summed E-state index contributed by atoms with van der Waals surface area (Å²) >= 11 is 0. The smallest absolute Gasteiger partial charge is 0.305 e. The van der Waals surface area contributed by atoms with Crippen LogP contribution in [0.25, 0.3) is 0 Å². The molecule has 1 fully saturated rings. The van der Waals surface area contributed by atoms with Crippen molar-refractivity contribution >= 4 is 5.97 Å². The van der Waals surface area contributed by atoms with Gasteiger partial charge in [-0.05, 0) is 32.1 Å². The van der Waals surface area contributed by atoms with Gasteiger partial charge in [-0.1, -0.05) is 70.4 Å². The summed E-state index contributed by atoms with van der Waals surface area (Å²) < 4.78 is 10.00. The van der Waals surface area contributed by atoms with Crippen molar-refractivity contribution in [3.8, 4) is 0 Å². The number of unbranched alkanes of at least 4 members (excludes halogenated alkanes) is 11. The molecule has 0 aromatic heterocycles. The minimum absolute atomic E-state index is 0.154. The van der Waals surface area contributed by atoms with Gasteiger partial charge in [0.1, 0.15) is 24.9 Å². The molecule has 1 unspecified atom stereocenters. The second-order valence-corrected chi connectivity index (χ2v) is 8.06. The molecule has 0 saturated carbocycles. The summed E-state index contributed by atoms with van der Waals surface area (Å²) in [6, 6.07) is 0. The lowest BCUT2D eigenvalue weighted by Gasteiger charge is -2.14. The number of hydrogen-bond donors (Lipinski definition) is 3. The van der Waals surface area contributed by atoms with E-state index in [2.05, 4.69) is 19.1 Å². The zero-order chi connectivity index (χ0) is 21.3. The van der Waals surface area contributed by atoms with Crippen LogP contribution >= 0.6 is 0 Å². The summed E-state index contributed by atoms with van der Waals surface area (Å²) in [5, 5.41) is 28.3. The van der Waals surface area contributed by atoms with E-state index in [-0.39, 0.29) is 12.6 Å². The molecule has 1 heterocycles. The minimum atomic E-state index is -1.43. The van der Waals surface area contributed by atoms with Gasteiger partial charge in [0.2, 0.25) is 0 Å². The van der Waals surface area contributed by atoms with Gasteiger partial charge in [0.15, 0.2) is 6.29 Å². The largest absolute Gasteiger partial charge is 0.463 e. The molecule has 0 aromatic rings. The van der Waals surface area contributed by atoms with Crippen LogP contribution in [0.1, 0.15) is 96.8 Å². The summed E-state index contributed by atoms with van der Waals surface area (Å²) in [6.45, 7) is 2.09. The van der Waals surface area contributed by atoms with Crippen LogP contribution in [-0.2, 0) is 14.3 Å². The second-order valence-electron chi connectivity index (χ2n) is 8.06. The van der Waals surface area contributed by atoms with Gasteiger partial charge in [-0.2, -0.15) is 0 Å². The molecule has 0 radical (unpaired) electrons. The highest BCUT2D eigenvalue weighted by molar-refractivity contribution is 5.69. The normalized spacial score (nSPS) is 24.4. The Balaban J connectivity index is 1.86. The van der Waals surface area contributed by atoms with Crippen LogP contribution in [0.2, 0.25) is 0 Å². The fourth-order valence-corrected chi connectivity index (χ4v) is 3.45. The van der Waals surface area contributed by atoms with E-state index in [0.717, 1.165) is 25.7 Å². The number of aliphatic hydroxyl groups excluding tert-OH is 3. The number of hydrogen-bond acceptors (Lipinski definition) is 6. The molecule has 0 spiro atoms. The number of carbonyl (C=O) groups is 1. The van der Waals surface area contributed by atoms with Crippen molar-refractivity contribution in [1.29, 1.82) is 0 Å². The molecular weight excluding hydrogens is 372 g/mol. The topological polar surface area (TPSA) is 96.2 Å². The summed E-state index contributed by atoms with van der Waals surface area (Å²) in [4.78, 5) is 11.7. The Morgan fingerprint density at radius 1 is 0.828 bits per heavy atom. The first-order valence-electron chi connectivity index (χ1n) is 11.6. The van der Waals surface area contributed by atoms with Crippen LogP contribution in [0.4, 0.5) is 0 Å². The molecule has 0 bridgehead atoms. The quantitative estimate of drug-likeness (QED) is 0.189. The first kappa shape index (κ1) is 26.1. The Morgan fingerprint density at radius 2 is 1.38 bits per heavy atom. The predicted octanol–water partition coefficient (Wildman–Crippen LogP) is 4.01. The van der Waals surface area contributed by atoms with Gasteiger partial charge in [0.05, 0.1) is 0 Å². The molecule has 1 aliphatic rings. The summed E-state index contributed by atoms with van der Waals surface area (Å²) in [6.07, 6.45) is 15.7. The Hall–Kier alpha value is -0.950. The lowest BCUT2D eigenvalue weighted by Crippen LogP contribution is -2.34. The van der Waals surface area contributed by atoms with E-state index >= 15 is 0 Å². The van der Waals surface area contributed by atoms with Gasteiger partial charge in [0.25, 0.3) is 0 Å². The molecule has 29 heavy (non-hydrogen) atoms. The molecule has 170 valence electrons. The van der Waals surface area contributed by atoms with Crippen molar-refractivity contribution in [3.63, 3.8) is 0 Å². The van der Waals surface area contributed by atoms with E-state index in [4.69, 9.17) is 9.47 Å². The summed E-state index contributed by atoms with van der Waals surface area (Å²) in [7, 11) is 0. The monoisotopic (exact) mass is 414 g/mol. The summed E-state index contributed by atoms with van der Waals surface area (Å²) in [5.41, 5.74) is 0. The first-order valence-corrected chi connectivity index (χ1v) is 11.6. The average Bonchev–Trinajstić information content (AvgIpc) is 2.96. The van der Waals surface area contributed by atoms with Crippen molar-refractivity contribution in [1.82, 2.24) is 0 Å². The molecule has 4 atom stereocenters.